The van der Waals surface area contributed by atoms with Crippen molar-refractivity contribution in [2.75, 3.05) is 13.2 Å². The minimum atomic E-state index is 0.277. The van der Waals surface area contributed by atoms with Gasteiger partial charge in [-0.1, -0.05) is 18.2 Å². The molecule has 3 heterocycles. The molecule has 1 saturated heterocycles. The van der Waals surface area contributed by atoms with Gasteiger partial charge in [-0.05, 0) is 32.4 Å². The molecule has 1 N–H and O–H groups in total. The molecule has 1 atom stereocenters. The standard InChI is InChI=1S/C19H24N6O/c1-15-21-19(23-22-15)17-6-4-9-25(17)13-16-5-2-3-7-18(16)26-12-11-24-10-8-20-14-24/h2-3,5,7-8,10,14,17H,4,6,9,11-13H2,1H3,(H,21,22,23)/t17-/m1/s1. The maximum Gasteiger partial charge on any atom is 0.167 e. The number of H-pyrrole nitrogens is 1. The Kier molecular flexibility index (Phi) is 4.97. The number of nitrogens with zero attached hydrogens (tertiary/aromatic N) is 5. The molecule has 0 spiro atoms. The van der Waals surface area contributed by atoms with E-state index in [1.807, 2.05) is 36.1 Å². The van der Waals surface area contributed by atoms with Crippen molar-refractivity contribution in [3.8, 4) is 5.75 Å². The smallest absolute Gasteiger partial charge is 0.167 e. The van der Waals surface area contributed by atoms with Crippen LogP contribution in [0.1, 0.15) is 36.1 Å². The number of rotatable bonds is 7. The summed E-state index contributed by atoms with van der Waals surface area (Å²) in [5.41, 5.74) is 1.21. The fraction of sp³-hybridized carbons (Fsp3) is 0.421. The molecule has 0 aliphatic carbocycles. The summed E-state index contributed by atoms with van der Waals surface area (Å²) in [7, 11) is 0. The van der Waals surface area contributed by atoms with Gasteiger partial charge < -0.3 is 9.30 Å². The number of benzene rings is 1. The minimum absolute atomic E-state index is 0.277. The second kappa shape index (κ2) is 7.70. The maximum atomic E-state index is 6.05. The molecule has 136 valence electrons. The summed E-state index contributed by atoms with van der Waals surface area (Å²) in [6.45, 7) is 5.26. The Morgan fingerprint density at radius 2 is 2.23 bits per heavy atom. The Morgan fingerprint density at radius 1 is 1.31 bits per heavy atom. The number of hydrogen-bond donors (Lipinski definition) is 1. The molecule has 0 saturated carbocycles. The van der Waals surface area contributed by atoms with E-state index in [1.165, 1.54) is 12.0 Å². The predicted octanol–water partition coefficient (Wildman–Crippen LogP) is 2.73. The van der Waals surface area contributed by atoms with Crippen LogP contribution in [0.25, 0.3) is 0 Å². The number of nitrogens with one attached hydrogen (secondary N) is 1. The second-order valence-electron chi connectivity index (χ2n) is 6.66. The van der Waals surface area contributed by atoms with Crippen LogP contribution in [0.2, 0.25) is 0 Å². The lowest BCUT2D eigenvalue weighted by Crippen LogP contribution is -2.24. The number of aromatic nitrogens is 5. The van der Waals surface area contributed by atoms with E-state index in [-0.39, 0.29) is 6.04 Å². The molecular weight excluding hydrogens is 328 g/mol. The molecule has 26 heavy (non-hydrogen) atoms. The van der Waals surface area contributed by atoms with Gasteiger partial charge in [0.25, 0.3) is 0 Å². The summed E-state index contributed by atoms with van der Waals surface area (Å²) in [6.07, 6.45) is 7.81. The summed E-state index contributed by atoms with van der Waals surface area (Å²) in [5.74, 6) is 2.72. The first-order valence-electron chi connectivity index (χ1n) is 9.09. The van der Waals surface area contributed by atoms with Crippen LogP contribution < -0.4 is 4.74 Å². The van der Waals surface area contributed by atoms with Crippen molar-refractivity contribution in [1.29, 1.82) is 0 Å². The molecule has 1 aromatic carbocycles. The number of para-hydroxylation sites is 1. The van der Waals surface area contributed by atoms with Crippen molar-refractivity contribution < 1.29 is 4.74 Å². The Hall–Kier alpha value is -2.67. The van der Waals surface area contributed by atoms with E-state index in [0.717, 1.165) is 43.5 Å². The SMILES string of the molecule is Cc1nc([C@H]2CCCN2Cc2ccccc2OCCn2ccnc2)n[nH]1. The lowest BCUT2D eigenvalue weighted by molar-refractivity contribution is 0.231. The fourth-order valence-electron chi connectivity index (χ4n) is 3.49. The van der Waals surface area contributed by atoms with Crippen LogP contribution in [-0.4, -0.2) is 42.8 Å². The van der Waals surface area contributed by atoms with E-state index in [4.69, 9.17) is 4.74 Å². The lowest BCUT2D eigenvalue weighted by atomic mass is 10.1. The molecule has 0 amide bonds. The zero-order valence-electron chi connectivity index (χ0n) is 15.0. The van der Waals surface area contributed by atoms with Crippen LogP contribution in [-0.2, 0) is 13.1 Å². The highest BCUT2D eigenvalue weighted by Crippen LogP contribution is 2.32. The third-order valence-electron chi connectivity index (χ3n) is 4.79. The highest BCUT2D eigenvalue weighted by atomic mass is 16.5. The average Bonchev–Trinajstić information content (AvgIpc) is 3.38. The van der Waals surface area contributed by atoms with Gasteiger partial charge in [0.15, 0.2) is 5.82 Å². The molecule has 7 nitrogen and oxygen atoms in total. The summed E-state index contributed by atoms with van der Waals surface area (Å²) < 4.78 is 8.07. The summed E-state index contributed by atoms with van der Waals surface area (Å²) >= 11 is 0. The highest BCUT2D eigenvalue weighted by molar-refractivity contribution is 5.33. The van der Waals surface area contributed by atoms with Crippen molar-refractivity contribution >= 4 is 0 Å². The molecule has 1 aliphatic heterocycles. The quantitative estimate of drug-likeness (QED) is 0.708. The Morgan fingerprint density at radius 3 is 3.04 bits per heavy atom. The van der Waals surface area contributed by atoms with Crippen LogP contribution in [0.5, 0.6) is 5.75 Å². The van der Waals surface area contributed by atoms with Crippen molar-refractivity contribution in [2.45, 2.75) is 38.9 Å². The topological polar surface area (TPSA) is 71.9 Å². The van der Waals surface area contributed by atoms with Crippen molar-refractivity contribution in [3.63, 3.8) is 0 Å². The van der Waals surface area contributed by atoms with Crippen molar-refractivity contribution in [3.05, 3.63) is 60.2 Å². The van der Waals surface area contributed by atoms with Crippen LogP contribution in [0.3, 0.4) is 0 Å². The van der Waals surface area contributed by atoms with Gasteiger partial charge in [0.05, 0.1) is 18.9 Å². The molecule has 1 fully saturated rings. The van der Waals surface area contributed by atoms with E-state index >= 15 is 0 Å². The van der Waals surface area contributed by atoms with E-state index < -0.39 is 0 Å². The first-order chi connectivity index (χ1) is 12.8. The molecule has 1 aliphatic rings. The molecule has 4 rings (SSSR count). The predicted molar refractivity (Wildman–Crippen MR) is 97.7 cm³/mol. The Bertz CT molecular complexity index is 828. The summed E-state index contributed by atoms with van der Waals surface area (Å²) in [6, 6.07) is 8.56. The van der Waals surface area contributed by atoms with Crippen molar-refractivity contribution in [1.82, 2.24) is 29.6 Å². The van der Waals surface area contributed by atoms with Crippen LogP contribution in [0.4, 0.5) is 0 Å². The summed E-state index contributed by atoms with van der Waals surface area (Å²) in [4.78, 5) is 11.0. The molecule has 2 aromatic heterocycles. The molecule has 3 aromatic rings. The zero-order chi connectivity index (χ0) is 17.8. The number of likely N-dealkylation sites (tertiary alicyclic amines) is 1. The van der Waals surface area contributed by atoms with Gasteiger partial charge in [0, 0.05) is 24.5 Å². The monoisotopic (exact) mass is 352 g/mol. The van der Waals surface area contributed by atoms with Gasteiger partial charge in [-0.3, -0.25) is 10.00 Å². The van der Waals surface area contributed by atoms with E-state index in [2.05, 4.69) is 37.2 Å². The minimum Gasteiger partial charge on any atom is -0.491 e. The van der Waals surface area contributed by atoms with Crippen LogP contribution in [0, 0.1) is 6.92 Å². The first-order valence-corrected chi connectivity index (χ1v) is 9.09. The van der Waals surface area contributed by atoms with Crippen molar-refractivity contribution in [2.24, 2.45) is 0 Å². The number of imidazole rings is 1. The molecule has 7 heteroatoms. The third kappa shape index (κ3) is 3.77. The fourth-order valence-corrected chi connectivity index (χ4v) is 3.49. The van der Waals surface area contributed by atoms with Gasteiger partial charge in [0.2, 0.25) is 0 Å². The highest BCUT2D eigenvalue weighted by Gasteiger charge is 2.29. The van der Waals surface area contributed by atoms with E-state index in [0.29, 0.717) is 6.61 Å². The summed E-state index contributed by atoms with van der Waals surface area (Å²) in [5, 5.41) is 7.34. The zero-order valence-corrected chi connectivity index (χ0v) is 15.0. The van der Waals surface area contributed by atoms with Gasteiger partial charge >= 0.3 is 0 Å². The maximum absolute atomic E-state index is 6.05. The van der Waals surface area contributed by atoms with Crippen LogP contribution >= 0.6 is 0 Å². The van der Waals surface area contributed by atoms with Gasteiger partial charge in [-0.25, -0.2) is 9.97 Å². The number of aryl methyl sites for hydroxylation is 1. The van der Waals surface area contributed by atoms with E-state index in [9.17, 15) is 0 Å². The number of ether oxygens (including phenoxy) is 1. The lowest BCUT2D eigenvalue weighted by Gasteiger charge is -2.23. The Labute approximate surface area is 153 Å². The first kappa shape index (κ1) is 16.8. The number of aromatic amines is 1. The molecule has 0 unspecified atom stereocenters. The van der Waals surface area contributed by atoms with Crippen LogP contribution in [0.15, 0.2) is 43.0 Å². The normalized spacial score (nSPS) is 17.7. The second-order valence-corrected chi connectivity index (χ2v) is 6.66. The molecular formula is C19H24N6O. The molecule has 0 bridgehead atoms. The Balaban J connectivity index is 1.42. The number of hydrogen-bond acceptors (Lipinski definition) is 5. The average molecular weight is 352 g/mol. The largest absolute Gasteiger partial charge is 0.491 e. The van der Waals surface area contributed by atoms with E-state index in [1.54, 1.807) is 6.20 Å². The van der Waals surface area contributed by atoms with Gasteiger partial charge in [0.1, 0.15) is 18.2 Å². The molecule has 0 radical (unpaired) electrons. The third-order valence-corrected chi connectivity index (χ3v) is 4.79. The van der Waals surface area contributed by atoms with Gasteiger partial charge in [-0.15, -0.1) is 0 Å². The van der Waals surface area contributed by atoms with Gasteiger partial charge in [-0.2, -0.15) is 5.10 Å².